The zero-order valence-electron chi connectivity index (χ0n) is 37.0. The number of carbonyl (C=O) groups is 6. The molecular weight excluding hydrogens is 845 g/mol. The summed E-state index contributed by atoms with van der Waals surface area (Å²) in [4.78, 5) is 83.7. The van der Waals surface area contributed by atoms with Crippen LogP contribution in [-0.4, -0.2) is 76.9 Å². The maximum absolute atomic E-state index is 14.6. The number of nitrogens with one attached hydrogen (secondary N) is 5. The van der Waals surface area contributed by atoms with Gasteiger partial charge in [0.05, 0.1) is 6.04 Å². The Hall–Kier alpha value is -7.90. The van der Waals surface area contributed by atoms with E-state index in [4.69, 9.17) is 5.73 Å². The largest absolute Gasteiger partial charge is 0.480 e. The summed E-state index contributed by atoms with van der Waals surface area (Å²) in [6, 6.07) is 47.1. The van der Waals surface area contributed by atoms with Gasteiger partial charge in [0.15, 0.2) is 0 Å². The lowest BCUT2D eigenvalue weighted by Crippen LogP contribution is -2.60. The molecule has 0 aliphatic rings. The molecule has 0 fully saturated rings. The van der Waals surface area contributed by atoms with Crippen molar-refractivity contribution in [1.29, 1.82) is 0 Å². The van der Waals surface area contributed by atoms with Gasteiger partial charge in [-0.2, -0.15) is 0 Å². The Labute approximate surface area is 390 Å². The van der Waals surface area contributed by atoms with Crippen molar-refractivity contribution in [2.45, 2.75) is 74.8 Å². The molecule has 5 amide bonds. The average molecular weight is 901 g/mol. The first kappa shape index (κ1) is 48.6. The third kappa shape index (κ3) is 15.6. The fourth-order valence-corrected chi connectivity index (χ4v) is 7.61. The normalized spacial score (nSPS) is 13.6. The highest BCUT2D eigenvalue weighted by atomic mass is 16.4. The lowest BCUT2D eigenvalue weighted by molar-refractivity contribution is -0.142. The summed E-state index contributed by atoms with van der Waals surface area (Å²) in [6.45, 7) is 0. The second kappa shape index (κ2) is 25.0. The molecule has 0 aromatic heterocycles. The second-order valence-corrected chi connectivity index (χ2v) is 16.4. The van der Waals surface area contributed by atoms with Crippen LogP contribution < -0.4 is 32.3 Å². The van der Waals surface area contributed by atoms with Crippen LogP contribution in [0.3, 0.4) is 0 Å². The van der Waals surface area contributed by atoms with Crippen LogP contribution >= 0.6 is 0 Å². The van der Waals surface area contributed by atoms with Gasteiger partial charge in [-0.3, -0.25) is 24.0 Å². The number of carboxylic acid groups (broad SMARTS) is 1. The lowest BCUT2D eigenvalue weighted by Gasteiger charge is -2.27. The highest BCUT2D eigenvalue weighted by Crippen LogP contribution is 2.12. The fourth-order valence-electron chi connectivity index (χ4n) is 7.61. The highest BCUT2D eigenvalue weighted by Gasteiger charge is 2.34. The fraction of sp³-hybridized carbons (Fsp3) is 0.222. The van der Waals surface area contributed by atoms with Gasteiger partial charge in [0.2, 0.25) is 29.5 Å². The van der Waals surface area contributed by atoms with E-state index in [1.807, 2.05) is 78.9 Å². The minimum atomic E-state index is -1.30. The van der Waals surface area contributed by atoms with Crippen LogP contribution in [0.4, 0.5) is 0 Å². The van der Waals surface area contributed by atoms with Crippen molar-refractivity contribution in [3.05, 3.63) is 215 Å². The first-order chi connectivity index (χ1) is 32.5. The first-order valence-corrected chi connectivity index (χ1v) is 22.2. The van der Waals surface area contributed by atoms with Crippen LogP contribution in [0.2, 0.25) is 0 Å². The maximum Gasteiger partial charge on any atom is 0.326 e. The molecule has 0 radical (unpaired) electrons. The van der Waals surface area contributed by atoms with Gasteiger partial charge in [-0.05, 0) is 39.8 Å². The van der Waals surface area contributed by atoms with Crippen molar-refractivity contribution in [3.8, 4) is 0 Å². The van der Waals surface area contributed by atoms with E-state index in [0.717, 1.165) is 11.1 Å². The van der Waals surface area contributed by atoms with Crippen LogP contribution in [0.5, 0.6) is 0 Å². The van der Waals surface area contributed by atoms with E-state index in [0.29, 0.717) is 22.3 Å². The monoisotopic (exact) mass is 900 g/mol. The molecular formula is C54H56N6O7. The summed E-state index contributed by atoms with van der Waals surface area (Å²) in [6.07, 6.45) is 0.367. The number of nitrogens with two attached hydrogens (primary N) is 1. The molecule has 0 unspecified atom stereocenters. The van der Waals surface area contributed by atoms with Crippen LogP contribution in [-0.2, 0) is 67.3 Å². The molecule has 0 aliphatic carbocycles. The molecule has 8 N–H and O–H groups in total. The Morgan fingerprint density at radius 1 is 0.313 bits per heavy atom. The van der Waals surface area contributed by atoms with Gasteiger partial charge in [-0.25, -0.2) is 4.79 Å². The van der Waals surface area contributed by atoms with E-state index in [1.54, 1.807) is 103 Å². The van der Waals surface area contributed by atoms with Crippen molar-refractivity contribution in [2.24, 2.45) is 5.73 Å². The predicted molar refractivity (Wildman–Crippen MR) is 256 cm³/mol. The van der Waals surface area contributed by atoms with E-state index in [-0.39, 0.29) is 38.5 Å². The zero-order valence-corrected chi connectivity index (χ0v) is 37.0. The average Bonchev–Trinajstić information content (AvgIpc) is 3.34. The van der Waals surface area contributed by atoms with Gasteiger partial charge < -0.3 is 37.4 Å². The van der Waals surface area contributed by atoms with Crippen molar-refractivity contribution < 1.29 is 33.9 Å². The van der Waals surface area contributed by atoms with Gasteiger partial charge in [-0.15, -0.1) is 0 Å². The summed E-state index contributed by atoms with van der Waals surface area (Å²) in [5, 5.41) is 24.1. The summed E-state index contributed by atoms with van der Waals surface area (Å²) in [5.41, 5.74) is 10.8. The molecule has 13 heteroatoms. The molecule has 6 rings (SSSR count). The van der Waals surface area contributed by atoms with Crippen LogP contribution in [0.15, 0.2) is 182 Å². The molecule has 13 nitrogen and oxygen atoms in total. The van der Waals surface area contributed by atoms with E-state index in [1.165, 1.54) is 0 Å². The standard InChI is InChI=1S/C54H56N6O7/c55-43(31-37-19-7-1-8-20-37)49(61)56-44(32-38-21-9-2-10-22-38)50(62)57-45(33-39-23-11-3-12-24-39)51(63)58-46(34-40-25-13-4-14-26-40)52(64)59-47(35-41-27-15-5-16-28-41)53(65)60-48(54(66)67)36-42-29-17-6-18-30-42/h1-30,43-48H,31-36,55H2,(H,56,61)(H,57,62)(H,58,63)(H,59,64)(H,60,65)(H,66,67)/t43-,44-,45-,46-,47-,48-/m0/s1. The molecule has 0 saturated carbocycles. The van der Waals surface area contributed by atoms with Gasteiger partial charge in [0.25, 0.3) is 0 Å². The van der Waals surface area contributed by atoms with Crippen molar-refractivity contribution >= 4 is 35.5 Å². The SMILES string of the molecule is N[C@@H](Cc1ccccc1)C(=O)N[C@@H](Cc1ccccc1)C(=O)N[C@@H](Cc1ccccc1)C(=O)N[C@@H](Cc1ccccc1)C(=O)N[C@@H](Cc1ccccc1)C(=O)N[C@@H](Cc1ccccc1)C(=O)O. The number of hydrogen-bond donors (Lipinski definition) is 7. The van der Waals surface area contributed by atoms with Gasteiger partial charge in [0, 0.05) is 32.1 Å². The van der Waals surface area contributed by atoms with Crippen LogP contribution in [0.25, 0.3) is 0 Å². The molecule has 0 heterocycles. The van der Waals surface area contributed by atoms with Gasteiger partial charge in [0.1, 0.15) is 30.2 Å². The zero-order chi connectivity index (χ0) is 47.4. The minimum Gasteiger partial charge on any atom is -0.480 e. The summed E-state index contributed by atoms with van der Waals surface area (Å²) in [5.74, 6) is -4.58. The van der Waals surface area contributed by atoms with Crippen LogP contribution in [0, 0.1) is 0 Å². The van der Waals surface area contributed by atoms with E-state index >= 15 is 0 Å². The Balaban J connectivity index is 1.26. The Morgan fingerprint density at radius 3 is 0.746 bits per heavy atom. The predicted octanol–water partition coefficient (Wildman–Crippen LogP) is 4.28. The Bertz CT molecular complexity index is 2520. The van der Waals surface area contributed by atoms with Gasteiger partial charge >= 0.3 is 5.97 Å². The van der Waals surface area contributed by atoms with Gasteiger partial charge in [-0.1, -0.05) is 182 Å². The van der Waals surface area contributed by atoms with E-state index in [9.17, 15) is 33.9 Å². The molecule has 0 spiro atoms. The lowest BCUT2D eigenvalue weighted by atomic mass is 9.99. The van der Waals surface area contributed by atoms with Crippen LogP contribution in [0.1, 0.15) is 33.4 Å². The first-order valence-electron chi connectivity index (χ1n) is 22.2. The molecule has 344 valence electrons. The number of carboxylic acids is 1. The summed E-state index contributed by atoms with van der Waals surface area (Å²) >= 11 is 0. The molecule has 0 bridgehead atoms. The number of carbonyl (C=O) groups excluding carboxylic acids is 5. The summed E-state index contributed by atoms with van der Waals surface area (Å²) in [7, 11) is 0. The Morgan fingerprint density at radius 2 is 0.507 bits per heavy atom. The highest BCUT2D eigenvalue weighted by molar-refractivity contribution is 5.97. The van der Waals surface area contributed by atoms with E-state index < -0.39 is 71.8 Å². The minimum absolute atomic E-state index is 0.00183. The van der Waals surface area contributed by atoms with E-state index in [2.05, 4.69) is 26.6 Å². The molecule has 6 aromatic rings. The topological polar surface area (TPSA) is 209 Å². The molecule has 67 heavy (non-hydrogen) atoms. The van der Waals surface area contributed by atoms with Crippen molar-refractivity contribution in [1.82, 2.24) is 26.6 Å². The third-order valence-corrected chi connectivity index (χ3v) is 11.2. The number of benzene rings is 6. The molecule has 0 aliphatic heterocycles. The second-order valence-electron chi connectivity index (χ2n) is 16.4. The Kier molecular flexibility index (Phi) is 18.1. The van der Waals surface area contributed by atoms with Crippen molar-refractivity contribution in [2.75, 3.05) is 0 Å². The molecule has 6 aromatic carbocycles. The maximum atomic E-state index is 14.6. The number of rotatable bonds is 23. The summed E-state index contributed by atoms with van der Waals surface area (Å²) < 4.78 is 0. The number of aliphatic carboxylic acids is 1. The van der Waals surface area contributed by atoms with Crippen molar-refractivity contribution in [3.63, 3.8) is 0 Å². The number of amides is 5. The molecule has 0 saturated heterocycles. The number of hydrogen-bond acceptors (Lipinski definition) is 7. The smallest absolute Gasteiger partial charge is 0.326 e. The molecule has 6 atom stereocenters. The quantitative estimate of drug-likeness (QED) is 0.0493. The third-order valence-electron chi connectivity index (χ3n) is 11.2.